The first kappa shape index (κ1) is 14.8. The molecular formula is C14H20N4O4. The first-order valence-corrected chi connectivity index (χ1v) is 7.59. The first-order valence-electron chi connectivity index (χ1n) is 7.59. The van der Waals surface area contributed by atoms with Gasteiger partial charge in [-0.15, -0.1) is 0 Å². The number of aromatic nitrogens is 4. The van der Waals surface area contributed by atoms with Gasteiger partial charge in [-0.25, -0.2) is 4.79 Å². The van der Waals surface area contributed by atoms with Gasteiger partial charge < -0.3 is 14.8 Å². The second-order valence-corrected chi connectivity index (χ2v) is 5.64. The van der Waals surface area contributed by atoms with Gasteiger partial charge in [0, 0.05) is 20.2 Å². The largest absolute Gasteiger partial charge is 0.461 e. The van der Waals surface area contributed by atoms with Gasteiger partial charge in [0.05, 0.1) is 0 Å². The topological polar surface area (TPSA) is 102 Å². The summed E-state index contributed by atoms with van der Waals surface area (Å²) < 4.78 is 8.19. The maximum Gasteiger partial charge on any atom is 0.332 e. The van der Waals surface area contributed by atoms with Crippen LogP contribution in [0.1, 0.15) is 32.1 Å². The molecule has 0 amide bonds. The minimum Gasteiger partial charge on any atom is -0.461 e. The van der Waals surface area contributed by atoms with Crippen molar-refractivity contribution in [1.29, 1.82) is 0 Å². The smallest absolute Gasteiger partial charge is 0.332 e. The van der Waals surface area contributed by atoms with E-state index in [4.69, 9.17) is 9.84 Å². The van der Waals surface area contributed by atoms with Crippen LogP contribution in [-0.2, 0) is 13.6 Å². The number of aliphatic hydroxyl groups is 1. The van der Waals surface area contributed by atoms with Gasteiger partial charge in [0.15, 0.2) is 11.2 Å². The second-order valence-electron chi connectivity index (χ2n) is 5.64. The van der Waals surface area contributed by atoms with Crippen molar-refractivity contribution in [2.45, 2.75) is 44.8 Å². The van der Waals surface area contributed by atoms with Gasteiger partial charge in [-0.2, -0.15) is 4.98 Å². The van der Waals surface area contributed by atoms with Crippen molar-refractivity contribution >= 4 is 11.2 Å². The van der Waals surface area contributed by atoms with Crippen LogP contribution in [0, 0.1) is 0 Å². The van der Waals surface area contributed by atoms with Crippen LogP contribution in [0.3, 0.4) is 0 Å². The average Bonchev–Trinajstić information content (AvgIpc) is 3.15. The van der Waals surface area contributed by atoms with E-state index < -0.39 is 11.2 Å². The molecule has 2 N–H and O–H groups in total. The fourth-order valence-electron chi connectivity index (χ4n) is 2.87. The summed E-state index contributed by atoms with van der Waals surface area (Å²) in [5, 5.41) is 8.89. The van der Waals surface area contributed by atoms with Crippen molar-refractivity contribution in [3.8, 4) is 6.01 Å². The zero-order valence-corrected chi connectivity index (χ0v) is 12.5. The van der Waals surface area contributed by atoms with E-state index in [-0.39, 0.29) is 30.8 Å². The Morgan fingerprint density at radius 1 is 1.36 bits per heavy atom. The number of aromatic amines is 1. The predicted molar refractivity (Wildman–Crippen MR) is 80.2 cm³/mol. The molecule has 2 aromatic rings. The van der Waals surface area contributed by atoms with Crippen molar-refractivity contribution in [3.05, 3.63) is 20.8 Å². The number of rotatable bonds is 5. The number of hydrogen-bond donors (Lipinski definition) is 2. The molecule has 0 unspecified atom stereocenters. The Morgan fingerprint density at radius 2 is 2.09 bits per heavy atom. The molecule has 0 aromatic carbocycles. The van der Waals surface area contributed by atoms with Crippen molar-refractivity contribution in [2.24, 2.45) is 7.05 Å². The number of fused-ring (bicyclic) bond motifs is 1. The SMILES string of the molecule is Cn1c(=O)n(CCCO)c(=O)c2[nH]c(OC3CCCC3)nc21. The van der Waals surface area contributed by atoms with Crippen LogP contribution in [0.2, 0.25) is 0 Å². The van der Waals surface area contributed by atoms with Crippen LogP contribution < -0.4 is 16.0 Å². The number of H-pyrrole nitrogens is 1. The van der Waals surface area contributed by atoms with Crippen LogP contribution in [-0.4, -0.2) is 36.9 Å². The van der Waals surface area contributed by atoms with Crippen molar-refractivity contribution < 1.29 is 9.84 Å². The van der Waals surface area contributed by atoms with Crippen LogP contribution in [0.15, 0.2) is 9.59 Å². The Bertz CT molecular complexity index is 782. The summed E-state index contributed by atoms with van der Waals surface area (Å²) in [5.41, 5.74) is -0.318. The van der Waals surface area contributed by atoms with Crippen molar-refractivity contribution in [2.75, 3.05) is 6.61 Å². The summed E-state index contributed by atoms with van der Waals surface area (Å²) in [6.07, 6.45) is 4.71. The summed E-state index contributed by atoms with van der Waals surface area (Å²) in [7, 11) is 1.57. The Kier molecular flexibility index (Phi) is 4.02. The fraction of sp³-hybridized carbons (Fsp3) is 0.643. The first-order chi connectivity index (χ1) is 10.6. The van der Waals surface area contributed by atoms with Crippen LogP contribution in [0.5, 0.6) is 6.01 Å². The highest BCUT2D eigenvalue weighted by Gasteiger charge is 2.20. The fourth-order valence-corrected chi connectivity index (χ4v) is 2.87. The number of nitrogens with one attached hydrogen (secondary N) is 1. The summed E-state index contributed by atoms with van der Waals surface area (Å²) in [5.74, 6) is 0. The molecule has 2 heterocycles. The van der Waals surface area contributed by atoms with E-state index in [2.05, 4.69) is 9.97 Å². The molecule has 0 spiro atoms. The molecule has 1 saturated carbocycles. The van der Waals surface area contributed by atoms with E-state index in [1.165, 1.54) is 4.57 Å². The quantitative estimate of drug-likeness (QED) is 0.817. The minimum absolute atomic E-state index is 0.0767. The molecule has 8 heteroatoms. The van der Waals surface area contributed by atoms with Gasteiger partial charge in [-0.1, -0.05) is 0 Å². The van der Waals surface area contributed by atoms with Crippen LogP contribution >= 0.6 is 0 Å². The number of hydrogen-bond acceptors (Lipinski definition) is 5. The number of nitrogens with zero attached hydrogens (tertiary/aromatic N) is 3. The van der Waals surface area contributed by atoms with Gasteiger partial charge in [0.25, 0.3) is 11.6 Å². The van der Waals surface area contributed by atoms with E-state index in [1.807, 2.05) is 0 Å². The lowest BCUT2D eigenvalue weighted by Crippen LogP contribution is -2.39. The van der Waals surface area contributed by atoms with Gasteiger partial charge >= 0.3 is 5.69 Å². The molecule has 1 aliphatic carbocycles. The summed E-state index contributed by atoms with van der Waals surface area (Å²) in [6.45, 7) is 0.0996. The maximum atomic E-state index is 12.4. The molecule has 0 saturated heterocycles. The predicted octanol–water partition coefficient (Wildman–Crippen LogP) is 0.127. The maximum absolute atomic E-state index is 12.4. The molecule has 0 radical (unpaired) electrons. The van der Waals surface area contributed by atoms with Crippen LogP contribution in [0.25, 0.3) is 11.2 Å². The molecule has 0 atom stereocenters. The normalized spacial score (nSPS) is 15.7. The number of aryl methyl sites for hydroxylation is 1. The van der Waals surface area contributed by atoms with Crippen molar-refractivity contribution in [3.63, 3.8) is 0 Å². The van der Waals surface area contributed by atoms with E-state index in [9.17, 15) is 9.59 Å². The molecule has 3 rings (SSSR count). The lowest BCUT2D eigenvalue weighted by Gasteiger charge is -2.08. The van der Waals surface area contributed by atoms with E-state index in [0.29, 0.717) is 12.1 Å². The molecule has 1 aliphatic rings. The highest BCUT2D eigenvalue weighted by atomic mass is 16.5. The summed E-state index contributed by atoms with van der Waals surface area (Å²) in [6, 6.07) is 0.286. The summed E-state index contributed by atoms with van der Waals surface area (Å²) >= 11 is 0. The zero-order chi connectivity index (χ0) is 15.7. The molecule has 0 bridgehead atoms. The zero-order valence-electron chi connectivity index (χ0n) is 12.5. The third-order valence-corrected chi connectivity index (χ3v) is 4.08. The molecular weight excluding hydrogens is 288 g/mol. The lowest BCUT2D eigenvalue weighted by atomic mass is 10.3. The third-order valence-electron chi connectivity index (χ3n) is 4.08. The summed E-state index contributed by atoms with van der Waals surface area (Å²) in [4.78, 5) is 31.7. The minimum atomic E-state index is -0.440. The van der Waals surface area contributed by atoms with E-state index >= 15 is 0 Å². The Hall–Kier alpha value is -2.09. The number of ether oxygens (including phenoxy) is 1. The van der Waals surface area contributed by atoms with E-state index in [0.717, 1.165) is 30.3 Å². The number of aliphatic hydroxyl groups excluding tert-OH is 1. The van der Waals surface area contributed by atoms with Crippen LogP contribution in [0.4, 0.5) is 0 Å². The lowest BCUT2D eigenvalue weighted by molar-refractivity contribution is 0.194. The standard InChI is InChI=1S/C14H20N4O4/c1-17-11-10(12(20)18(14(17)21)7-4-8-19)15-13(16-11)22-9-5-2-3-6-9/h9,19H,2-8H2,1H3,(H,15,16). The molecule has 1 fully saturated rings. The second kappa shape index (κ2) is 5.96. The van der Waals surface area contributed by atoms with Crippen molar-refractivity contribution in [1.82, 2.24) is 19.1 Å². The highest BCUT2D eigenvalue weighted by Crippen LogP contribution is 2.23. The molecule has 22 heavy (non-hydrogen) atoms. The molecule has 8 nitrogen and oxygen atoms in total. The molecule has 2 aromatic heterocycles. The van der Waals surface area contributed by atoms with E-state index in [1.54, 1.807) is 7.05 Å². The van der Waals surface area contributed by atoms with Gasteiger partial charge in [-0.3, -0.25) is 13.9 Å². The number of imidazole rings is 1. The Labute approximate surface area is 126 Å². The Balaban J connectivity index is 2.03. The van der Waals surface area contributed by atoms with Gasteiger partial charge in [-0.05, 0) is 32.1 Å². The highest BCUT2D eigenvalue weighted by molar-refractivity contribution is 5.70. The van der Waals surface area contributed by atoms with Gasteiger partial charge in [0.1, 0.15) is 6.10 Å². The van der Waals surface area contributed by atoms with Gasteiger partial charge in [0.2, 0.25) is 0 Å². The monoisotopic (exact) mass is 308 g/mol. The third kappa shape index (κ3) is 2.54. The molecule has 120 valence electrons. The molecule has 0 aliphatic heterocycles. The average molecular weight is 308 g/mol. The Morgan fingerprint density at radius 3 is 2.77 bits per heavy atom.